The van der Waals surface area contributed by atoms with Crippen molar-refractivity contribution in [3.05, 3.63) is 59.0 Å². The van der Waals surface area contributed by atoms with Gasteiger partial charge in [-0.1, -0.05) is 23.7 Å². The molecule has 0 saturated carbocycles. The van der Waals surface area contributed by atoms with Crippen LogP contribution in [0.2, 0.25) is 5.02 Å². The molecule has 1 N–H and O–H groups in total. The predicted octanol–water partition coefficient (Wildman–Crippen LogP) is 1.65. The number of amides is 2. The van der Waals surface area contributed by atoms with Crippen molar-refractivity contribution < 1.29 is 22.4 Å². The third kappa shape index (κ3) is 5.03. The number of hydrogen-bond donors (Lipinski definition) is 1. The minimum atomic E-state index is -3.64. The van der Waals surface area contributed by atoms with Crippen LogP contribution in [0.5, 0.6) is 0 Å². The van der Waals surface area contributed by atoms with Gasteiger partial charge < -0.3 is 14.6 Å². The van der Waals surface area contributed by atoms with E-state index in [2.05, 4.69) is 5.32 Å². The van der Waals surface area contributed by atoms with E-state index in [9.17, 15) is 18.0 Å². The molecule has 10 heteroatoms. The second-order valence-electron chi connectivity index (χ2n) is 7.49. The maximum Gasteiger partial charge on any atom is 0.247 e. The van der Waals surface area contributed by atoms with Gasteiger partial charge in [-0.25, -0.2) is 8.42 Å². The van der Waals surface area contributed by atoms with Crippen LogP contribution in [-0.2, 0) is 32.6 Å². The van der Waals surface area contributed by atoms with E-state index >= 15 is 0 Å². The first kappa shape index (κ1) is 22.3. The summed E-state index contributed by atoms with van der Waals surface area (Å²) in [6.45, 7) is 1.63. The molecule has 3 rings (SSSR count). The number of rotatable bonds is 7. The average molecular weight is 454 g/mol. The molecule has 2 amide bonds. The van der Waals surface area contributed by atoms with Crippen molar-refractivity contribution in [3.8, 4) is 0 Å². The number of nitrogens with one attached hydrogen (secondary N) is 1. The van der Waals surface area contributed by atoms with Gasteiger partial charge >= 0.3 is 0 Å². The number of piperazine rings is 1. The Hall–Kier alpha value is -2.36. The zero-order valence-corrected chi connectivity index (χ0v) is 18.4. The first-order chi connectivity index (χ1) is 14.1. The molecular formula is C20H24ClN3O5S. The number of sulfonamides is 1. The molecular weight excluding hydrogens is 430 g/mol. The number of nitrogens with zero attached hydrogens (tertiary/aromatic N) is 2. The van der Waals surface area contributed by atoms with Crippen molar-refractivity contribution in [1.29, 1.82) is 0 Å². The van der Waals surface area contributed by atoms with Gasteiger partial charge in [-0.3, -0.25) is 9.59 Å². The summed E-state index contributed by atoms with van der Waals surface area (Å²) in [4.78, 5) is 27.5. The van der Waals surface area contributed by atoms with Gasteiger partial charge in [-0.2, -0.15) is 4.31 Å². The Morgan fingerprint density at radius 3 is 2.57 bits per heavy atom. The van der Waals surface area contributed by atoms with E-state index < -0.39 is 27.4 Å². The molecule has 30 heavy (non-hydrogen) atoms. The molecule has 0 radical (unpaired) electrons. The van der Waals surface area contributed by atoms with E-state index in [0.717, 1.165) is 16.1 Å². The van der Waals surface area contributed by atoms with Gasteiger partial charge in [0.05, 0.1) is 19.1 Å². The highest BCUT2D eigenvalue weighted by molar-refractivity contribution is 7.88. The second kappa shape index (κ2) is 8.79. The molecule has 0 spiro atoms. The van der Waals surface area contributed by atoms with Gasteiger partial charge in [0.1, 0.15) is 11.3 Å². The minimum Gasteiger partial charge on any atom is -0.469 e. The van der Waals surface area contributed by atoms with Crippen molar-refractivity contribution in [3.63, 3.8) is 0 Å². The molecule has 162 valence electrons. The molecule has 1 aromatic heterocycles. The normalized spacial score (nSPS) is 20.4. The third-order valence-electron chi connectivity index (χ3n) is 5.18. The van der Waals surface area contributed by atoms with Crippen molar-refractivity contribution >= 4 is 33.4 Å². The van der Waals surface area contributed by atoms with Gasteiger partial charge in [0.2, 0.25) is 21.8 Å². The van der Waals surface area contributed by atoms with Crippen LogP contribution in [0, 0.1) is 0 Å². The lowest BCUT2D eigenvalue weighted by molar-refractivity contribution is -0.152. The van der Waals surface area contributed by atoms with Crippen LogP contribution >= 0.6 is 11.6 Å². The summed E-state index contributed by atoms with van der Waals surface area (Å²) in [5.41, 5.74) is -0.530. The molecule has 1 aliphatic heterocycles. The van der Waals surface area contributed by atoms with Crippen LogP contribution in [0.25, 0.3) is 0 Å². The van der Waals surface area contributed by atoms with Gasteiger partial charge in [0.15, 0.2) is 0 Å². The maximum absolute atomic E-state index is 13.2. The van der Waals surface area contributed by atoms with Crippen LogP contribution in [0.1, 0.15) is 18.2 Å². The van der Waals surface area contributed by atoms with Crippen molar-refractivity contribution in [2.45, 2.75) is 25.4 Å². The molecule has 0 bridgehead atoms. The smallest absolute Gasteiger partial charge is 0.247 e. The van der Waals surface area contributed by atoms with Crippen LogP contribution in [0.15, 0.2) is 47.1 Å². The first-order valence-corrected chi connectivity index (χ1v) is 11.6. The lowest BCUT2D eigenvalue weighted by Gasteiger charge is -2.46. The minimum absolute atomic E-state index is 0.123. The summed E-state index contributed by atoms with van der Waals surface area (Å²) < 4.78 is 30.6. The molecule has 1 fully saturated rings. The molecule has 2 heterocycles. The summed E-state index contributed by atoms with van der Waals surface area (Å²) in [7, 11) is -3.64. The second-order valence-corrected chi connectivity index (χ2v) is 9.91. The fourth-order valence-corrected chi connectivity index (χ4v) is 4.41. The van der Waals surface area contributed by atoms with Crippen LogP contribution < -0.4 is 5.32 Å². The van der Waals surface area contributed by atoms with Crippen molar-refractivity contribution in [2.24, 2.45) is 0 Å². The van der Waals surface area contributed by atoms with Gasteiger partial charge in [-0.05, 0) is 36.8 Å². The van der Waals surface area contributed by atoms with Crippen molar-refractivity contribution in [2.75, 3.05) is 25.9 Å². The van der Waals surface area contributed by atoms with E-state index in [1.165, 1.54) is 11.2 Å². The Balaban J connectivity index is 1.80. The van der Waals surface area contributed by atoms with Gasteiger partial charge in [0.25, 0.3) is 0 Å². The molecule has 8 nitrogen and oxygen atoms in total. The predicted molar refractivity (Wildman–Crippen MR) is 112 cm³/mol. The lowest BCUT2D eigenvalue weighted by Crippen LogP contribution is -2.69. The largest absolute Gasteiger partial charge is 0.469 e. The Bertz CT molecular complexity index is 1010. The van der Waals surface area contributed by atoms with Gasteiger partial charge in [-0.15, -0.1) is 0 Å². The highest BCUT2D eigenvalue weighted by atomic mass is 35.5. The van der Waals surface area contributed by atoms with E-state index in [1.54, 1.807) is 43.3 Å². The fourth-order valence-electron chi connectivity index (χ4n) is 3.45. The summed E-state index contributed by atoms with van der Waals surface area (Å²) in [6.07, 6.45) is 2.99. The highest BCUT2D eigenvalue weighted by Gasteiger charge is 2.49. The molecule has 0 aliphatic carbocycles. The Morgan fingerprint density at radius 2 is 1.97 bits per heavy atom. The molecule has 2 aromatic rings. The third-order valence-corrected chi connectivity index (χ3v) is 6.63. The summed E-state index contributed by atoms with van der Waals surface area (Å²) in [6, 6.07) is 10.5. The Kier molecular flexibility index (Phi) is 6.54. The zero-order valence-electron chi connectivity index (χ0n) is 16.8. The van der Waals surface area contributed by atoms with E-state index in [1.807, 2.05) is 0 Å². The van der Waals surface area contributed by atoms with Crippen LogP contribution in [0.3, 0.4) is 0 Å². The first-order valence-electron chi connectivity index (χ1n) is 9.40. The zero-order chi connectivity index (χ0) is 21.9. The monoisotopic (exact) mass is 453 g/mol. The number of carbonyl (C=O) groups excluding carboxylic acids is 2. The van der Waals surface area contributed by atoms with Crippen molar-refractivity contribution in [1.82, 2.24) is 14.5 Å². The Morgan fingerprint density at radius 1 is 1.27 bits per heavy atom. The Labute approximate surface area is 180 Å². The number of furan rings is 1. The molecule has 1 atom stereocenters. The van der Waals surface area contributed by atoms with E-state index in [4.69, 9.17) is 16.0 Å². The summed E-state index contributed by atoms with van der Waals surface area (Å²) >= 11 is 5.89. The lowest BCUT2D eigenvalue weighted by atomic mass is 9.95. The summed E-state index contributed by atoms with van der Waals surface area (Å²) in [5, 5.41) is 3.41. The number of hydrogen-bond acceptors (Lipinski definition) is 5. The highest BCUT2D eigenvalue weighted by Crippen LogP contribution is 2.25. The average Bonchev–Trinajstić information content (AvgIpc) is 3.19. The summed E-state index contributed by atoms with van der Waals surface area (Å²) in [5.74, 6) is -0.182. The number of carbonyl (C=O) groups is 2. The molecule has 1 saturated heterocycles. The topological polar surface area (TPSA) is 99.9 Å². The SMILES string of the molecule is C[C@@]1(C(=O)NCc2ccc(Cl)cc2)CN(S(C)(=O)=O)CC(=O)N1CCc1ccco1. The molecule has 0 unspecified atom stereocenters. The van der Waals surface area contributed by atoms with E-state index in [-0.39, 0.29) is 26.2 Å². The van der Waals surface area contributed by atoms with Gasteiger partial charge in [0, 0.05) is 31.1 Å². The standard InChI is InChI=1S/C20H24ClN3O5S/c1-20(19(26)22-12-15-5-7-16(21)8-6-15)14-23(30(2,27)28)13-18(25)24(20)10-9-17-4-3-11-29-17/h3-8,11H,9-10,12-14H2,1-2H3,(H,22,26)/t20-/m0/s1. The quantitative estimate of drug-likeness (QED) is 0.687. The number of benzene rings is 1. The van der Waals surface area contributed by atoms with Crippen LogP contribution in [-0.4, -0.2) is 60.9 Å². The molecule has 1 aliphatic rings. The van der Waals surface area contributed by atoms with Crippen LogP contribution in [0.4, 0.5) is 0 Å². The number of halogens is 1. The maximum atomic E-state index is 13.2. The fraction of sp³-hybridized carbons (Fsp3) is 0.400. The molecule has 1 aromatic carbocycles. The van der Waals surface area contributed by atoms with E-state index in [0.29, 0.717) is 17.2 Å².